The Balaban J connectivity index is 2.21. The van der Waals surface area contributed by atoms with Crippen LogP contribution in [0.15, 0.2) is 34.9 Å². The van der Waals surface area contributed by atoms with E-state index in [-0.39, 0.29) is 5.91 Å². The number of anilines is 2. The molecule has 110 valence electrons. The molecule has 0 saturated heterocycles. The molecule has 0 unspecified atom stereocenters. The number of nitrogens with one attached hydrogen (secondary N) is 2. The van der Waals surface area contributed by atoms with Gasteiger partial charge in [0.25, 0.3) is 5.91 Å². The number of aryl methyl sites for hydroxylation is 1. The molecule has 0 spiro atoms. The maximum atomic E-state index is 12.3. The first-order valence-corrected chi connectivity index (χ1v) is 7.53. The van der Waals surface area contributed by atoms with E-state index in [1.54, 1.807) is 25.4 Å². The van der Waals surface area contributed by atoms with Crippen LogP contribution in [-0.2, 0) is 6.42 Å². The fourth-order valence-electron chi connectivity index (χ4n) is 1.87. The van der Waals surface area contributed by atoms with E-state index in [9.17, 15) is 4.79 Å². The summed E-state index contributed by atoms with van der Waals surface area (Å²) < 4.78 is 0.868. The average Bonchev–Trinajstić information content (AvgIpc) is 2.49. The first-order valence-electron chi connectivity index (χ1n) is 6.74. The highest BCUT2D eigenvalue weighted by Crippen LogP contribution is 2.15. The molecule has 2 rings (SSSR count). The molecule has 0 aromatic carbocycles. The molecule has 0 saturated carbocycles. The molecule has 0 atom stereocenters. The predicted octanol–water partition coefficient (Wildman–Crippen LogP) is 3.49. The van der Waals surface area contributed by atoms with E-state index in [1.807, 2.05) is 12.1 Å². The zero-order valence-electron chi connectivity index (χ0n) is 12.0. The van der Waals surface area contributed by atoms with Crippen molar-refractivity contribution in [2.24, 2.45) is 0 Å². The van der Waals surface area contributed by atoms with Gasteiger partial charge in [0.05, 0.1) is 0 Å². The number of carbonyl (C=O) groups is 1. The van der Waals surface area contributed by atoms with Crippen molar-refractivity contribution in [2.75, 3.05) is 17.7 Å². The van der Waals surface area contributed by atoms with Crippen LogP contribution in [0.2, 0.25) is 0 Å². The summed E-state index contributed by atoms with van der Waals surface area (Å²) >= 11 is 3.31. The lowest BCUT2D eigenvalue weighted by Crippen LogP contribution is -2.14. The minimum atomic E-state index is -0.193. The highest BCUT2D eigenvalue weighted by Gasteiger charge is 2.10. The van der Waals surface area contributed by atoms with Crippen molar-refractivity contribution in [3.63, 3.8) is 0 Å². The molecule has 0 radical (unpaired) electrons. The van der Waals surface area contributed by atoms with Crippen molar-refractivity contribution in [3.05, 3.63) is 46.2 Å². The Morgan fingerprint density at radius 1 is 1.29 bits per heavy atom. The molecule has 2 N–H and O–H groups in total. The summed E-state index contributed by atoms with van der Waals surface area (Å²) in [5, 5.41) is 5.76. The number of hydrogen-bond acceptors (Lipinski definition) is 4. The summed E-state index contributed by atoms with van der Waals surface area (Å²) in [7, 11) is 1.79. The normalized spacial score (nSPS) is 10.2. The Hall–Kier alpha value is -1.95. The molecule has 0 aliphatic carbocycles. The fraction of sp³-hybridized carbons (Fsp3) is 0.267. The van der Waals surface area contributed by atoms with Gasteiger partial charge in [-0.15, -0.1) is 0 Å². The molecule has 21 heavy (non-hydrogen) atoms. The van der Waals surface area contributed by atoms with Crippen LogP contribution in [0.4, 0.5) is 11.6 Å². The molecule has 1 amide bonds. The lowest BCUT2D eigenvalue weighted by Gasteiger charge is -2.09. The Morgan fingerprint density at radius 2 is 2.10 bits per heavy atom. The lowest BCUT2D eigenvalue weighted by atomic mass is 10.1. The fourth-order valence-corrected chi connectivity index (χ4v) is 2.10. The molecule has 2 aromatic rings. The van der Waals surface area contributed by atoms with E-state index in [1.165, 1.54) is 0 Å². The number of carbonyl (C=O) groups excluding carboxylic acids is 1. The number of hydrogen-bond donors (Lipinski definition) is 2. The van der Waals surface area contributed by atoms with Crippen molar-refractivity contribution in [1.29, 1.82) is 0 Å². The summed E-state index contributed by atoms with van der Waals surface area (Å²) in [6.07, 6.45) is 3.46. The topological polar surface area (TPSA) is 66.9 Å². The van der Waals surface area contributed by atoms with Gasteiger partial charge in [0, 0.05) is 29.0 Å². The van der Waals surface area contributed by atoms with E-state index in [0.29, 0.717) is 17.2 Å². The van der Waals surface area contributed by atoms with Gasteiger partial charge in [-0.05, 0) is 46.6 Å². The zero-order chi connectivity index (χ0) is 15.2. The Kier molecular flexibility index (Phi) is 5.27. The van der Waals surface area contributed by atoms with Crippen LogP contribution < -0.4 is 10.6 Å². The molecule has 2 aromatic heterocycles. The SMILES string of the molecule is CCCc1cc(C(=O)Nc2ccc(Br)cn2)cc(NC)n1. The third-order valence-corrected chi connectivity index (χ3v) is 3.34. The quantitative estimate of drug-likeness (QED) is 0.867. The second-order valence-corrected chi connectivity index (χ2v) is 5.46. The summed E-state index contributed by atoms with van der Waals surface area (Å²) in [5.74, 6) is 1.01. The minimum absolute atomic E-state index is 0.193. The van der Waals surface area contributed by atoms with Gasteiger partial charge in [-0.3, -0.25) is 4.79 Å². The van der Waals surface area contributed by atoms with Gasteiger partial charge in [0.15, 0.2) is 0 Å². The monoisotopic (exact) mass is 348 g/mol. The van der Waals surface area contributed by atoms with E-state index in [4.69, 9.17) is 0 Å². The largest absolute Gasteiger partial charge is 0.373 e. The summed E-state index contributed by atoms with van der Waals surface area (Å²) in [5.41, 5.74) is 1.47. The second-order valence-electron chi connectivity index (χ2n) is 4.55. The first kappa shape index (κ1) is 15.4. The van der Waals surface area contributed by atoms with E-state index in [0.717, 1.165) is 23.0 Å². The Labute approximate surface area is 132 Å². The number of amides is 1. The molecule has 5 nitrogen and oxygen atoms in total. The van der Waals surface area contributed by atoms with Gasteiger partial charge in [0.1, 0.15) is 11.6 Å². The summed E-state index contributed by atoms with van der Waals surface area (Å²) in [6, 6.07) is 7.12. The van der Waals surface area contributed by atoms with Crippen LogP contribution >= 0.6 is 15.9 Å². The highest BCUT2D eigenvalue weighted by atomic mass is 79.9. The molecule has 6 heteroatoms. The number of nitrogens with zero attached hydrogens (tertiary/aromatic N) is 2. The maximum Gasteiger partial charge on any atom is 0.257 e. The van der Waals surface area contributed by atoms with E-state index >= 15 is 0 Å². The molecular formula is C15H17BrN4O. The van der Waals surface area contributed by atoms with Crippen LogP contribution in [0.1, 0.15) is 29.4 Å². The van der Waals surface area contributed by atoms with Crippen LogP contribution in [0.25, 0.3) is 0 Å². The standard InChI is InChI=1S/C15H17BrN4O/c1-3-4-12-7-10(8-14(17-2)19-12)15(21)20-13-6-5-11(16)9-18-13/h5-9H,3-4H2,1-2H3,(H,17,19)(H,18,20,21). The van der Waals surface area contributed by atoms with Gasteiger partial charge >= 0.3 is 0 Å². The smallest absolute Gasteiger partial charge is 0.257 e. The lowest BCUT2D eigenvalue weighted by molar-refractivity contribution is 0.102. The molecular weight excluding hydrogens is 332 g/mol. The van der Waals surface area contributed by atoms with Crippen LogP contribution in [0.3, 0.4) is 0 Å². The van der Waals surface area contributed by atoms with Crippen LogP contribution in [-0.4, -0.2) is 22.9 Å². The number of halogens is 1. The van der Waals surface area contributed by atoms with Crippen LogP contribution in [0.5, 0.6) is 0 Å². The highest BCUT2D eigenvalue weighted by molar-refractivity contribution is 9.10. The molecule has 0 aliphatic heterocycles. The Morgan fingerprint density at radius 3 is 2.71 bits per heavy atom. The number of aromatic nitrogens is 2. The predicted molar refractivity (Wildman–Crippen MR) is 87.7 cm³/mol. The van der Waals surface area contributed by atoms with Gasteiger partial charge in [-0.1, -0.05) is 13.3 Å². The second kappa shape index (κ2) is 7.17. The maximum absolute atomic E-state index is 12.3. The first-order chi connectivity index (χ1) is 10.1. The molecule has 0 bridgehead atoms. The average molecular weight is 349 g/mol. The van der Waals surface area contributed by atoms with Gasteiger partial charge < -0.3 is 10.6 Å². The third kappa shape index (κ3) is 4.26. The number of pyridine rings is 2. The van der Waals surface area contributed by atoms with Gasteiger partial charge in [0.2, 0.25) is 0 Å². The van der Waals surface area contributed by atoms with E-state index in [2.05, 4.69) is 43.5 Å². The van der Waals surface area contributed by atoms with Crippen LogP contribution in [0, 0.1) is 0 Å². The van der Waals surface area contributed by atoms with E-state index < -0.39 is 0 Å². The molecule has 0 aliphatic rings. The van der Waals surface area contributed by atoms with Crippen molar-refractivity contribution in [1.82, 2.24) is 9.97 Å². The summed E-state index contributed by atoms with van der Waals surface area (Å²) in [4.78, 5) is 20.9. The van der Waals surface area contributed by atoms with Gasteiger partial charge in [-0.2, -0.15) is 0 Å². The Bertz CT molecular complexity index is 628. The van der Waals surface area contributed by atoms with Crippen molar-refractivity contribution in [2.45, 2.75) is 19.8 Å². The van der Waals surface area contributed by atoms with Gasteiger partial charge in [-0.25, -0.2) is 9.97 Å². The molecule has 2 heterocycles. The van der Waals surface area contributed by atoms with Crippen molar-refractivity contribution in [3.8, 4) is 0 Å². The zero-order valence-corrected chi connectivity index (χ0v) is 13.6. The van der Waals surface area contributed by atoms with Crippen molar-refractivity contribution < 1.29 is 4.79 Å². The number of rotatable bonds is 5. The molecule has 0 fully saturated rings. The van der Waals surface area contributed by atoms with Crippen molar-refractivity contribution >= 4 is 33.5 Å². The third-order valence-electron chi connectivity index (χ3n) is 2.87. The summed E-state index contributed by atoms with van der Waals surface area (Å²) in [6.45, 7) is 2.08. The minimum Gasteiger partial charge on any atom is -0.373 e.